The molecule has 1 fully saturated rings. The van der Waals surface area contributed by atoms with E-state index in [1.54, 1.807) is 0 Å². The van der Waals surface area contributed by atoms with Crippen LogP contribution in [0.25, 0.3) is 0 Å². The molecule has 0 spiro atoms. The van der Waals surface area contributed by atoms with E-state index >= 15 is 0 Å². The topological polar surface area (TPSA) is 45.3 Å². The average Bonchev–Trinajstić information content (AvgIpc) is 2.14. The lowest BCUT2D eigenvalue weighted by molar-refractivity contribution is 0.0294. The molecule has 1 saturated heterocycles. The molecule has 0 aromatic carbocycles. The highest BCUT2D eigenvalue weighted by Gasteiger charge is 2.11. The van der Waals surface area contributed by atoms with Crippen molar-refractivity contribution >= 4 is 0 Å². The van der Waals surface area contributed by atoms with Crippen LogP contribution in [0.4, 0.5) is 0 Å². The normalized spacial score (nSPS) is 24.2. The summed E-state index contributed by atoms with van der Waals surface area (Å²) in [5.41, 5.74) is 0. The third-order valence-electron chi connectivity index (χ3n) is 1.93. The van der Waals surface area contributed by atoms with Crippen LogP contribution >= 0.6 is 0 Å². The summed E-state index contributed by atoms with van der Waals surface area (Å²) in [5.74, 6) is 0. The molecule has 1 heterocycles. The number of hydrogen-bond acceptors (Lipinski definition) is 4. The zero-order valence-electron chi connectivity index (χ0n) is 7.73. The summed E-state index contributed by atoms with van der Waals surface area (Å²) < 4.78 is 5.51. The van der Waals surface area contributed by atoms with Crippen LogP contribution < -0.4 is 16.0 Å². The van der Waals surface area contributed by atoms with E-state index in [9.17, 15) is 0 Å². The van der Waals surface area contributed by atoms with Gasteiger partial charge >= 0.3 is 0 Å². The molecule has 1 rings (SSSR count). The first kappa shape index (κ1) is 9.92. The van der Waals surface area contributed by atoms with Crippen molar-refractivity contribution in [2.45, 2.75) is 6.10 Å². The Bertz CT molecular complexity index is 104. The molecule has 1 unspecified atom stereocenters. The van der Waals surface area contributed by atoms with Crippen molar-refractivity contribution in [3.05, 3.63) is 0 Å². The van der Waals surface area contributed by atoms with Crippen LogP contribution in [0.3, 0.4) is 0 Å². The summed E-state index contributed by atoms with van der Waals surface area (Å²) in [5, 5.41) is 9.71. The van der Waals surface area contributed by atoms with E-state index in [-0.39, 0.29) is 0 Å². The molecule has 1 aliphatic rings. The molecule has 0 saturated carbocycles. The Morgan fingerprint density at radius 2 is 2.42 bits per heavy atom. The zero-order chi connectivity index (χ0) is 8.65. The van der Waals surface area contributed by atoms with Crippen molar-refractivity contribution in [2.24, 2.45) is 0 Å². The first-order valence-electron chi connectivity index (χ1n) is 4.61. The maximum absolute atomic E-state index is 5.51. The van der Waals surface area contributed by atoms with Gasteiger partial charge in [0.1, 0.15) is 0 Å². The van der Waals surface area contributed by atoms with Gasteiger partial charge in [-0.15, -0.1) is 0 Å². The van der Waals surface area contributed by atoms with Crippen LogP contribution in [-0.2, 0) is 4.74 Å². The predicted octanol–water partition coefficient (Wildman–Crippen LogP) is -1.22. The number of rotatable bonds is 5. The number of ether oxygens (including phenoxy) is 1. The van der Waals surface area contributed by atoms with E-state index in [0.29, 0.717) is 6.10 Å². The summed E-state index contributed by atoms with van der Waals surface area (Å²) in [4.78, 5) is 0. The van der Waals surface area contributed by atoms with Crippen LogP contribution in [-0.4, -0.2) is 52.5 Å². The second-order valence-electron chi connectivity index (χ2n) is 3.00. The fourth-order valence-corrected chi connectivity index (χ4v) is 1.23. The van der Waals surface area contributed by atoms with Crippen molar-refractivity contribution < 1.29 is 4.74 Å². The summed E-state index contributed by atoms with van der Waals surface area (Å²) in [7, 11) is 1.96. The lowest BCUT2D eigenvalue weighted by Crippen LogP contribution is -2.44. The van der Waals surface area contributed by atoms with Crippen molar-refractivity contribution in [3.8, 4) is 0 Å². The second-order valence-corrected chi connectivity index (χ2v) is 3.00. The smallest absolute Gasteiger partial charge is 0.0824 e. The van der Waals surface area contributed by atoms with Gasteiger partial charge in [-0.05, 0) is 7.05 Å². The van der Waals surface area contributed by atoms with Crippen molar-refractivity contribution in [1.82, 2.24) is 16.0 Å². The molecule has 0 bridgehead atoms. The first-order chi connectivity index (χ1) is 5.93. The molecule has 4 heteroatoms. The molecule has 0 aliphatic carbocycles. The highest BCUT2D eigenvalue weighted by Crippen LogP contribution is 1.92. The minimum atomic E-state index is 0.357. The van der Waals surface area contributed by atoms with Gasteiger partial charge in [0.2, 0.25) is 0 Å². The average molecular weight is 173 g/mol. The SMILES string of the molecule is CNCCNCC1CNCCO1. The lowest BCUT2D eigenvalue weighted by Gasteiger charge is -2.23. The standard InChI is InChI=1S/C8H19N3O/c1-9-2-3-10-6-8-7-11-4-5-12-8/h8-11H,2-7H2,1H3. The third kappa shape index (κ3) is 4.01. The van der Waals surface area contributed by atoms with Crippen molar-refractivity contribution in [1.29, 1.82) is 0 Å². The van der Waals surface area contributed by atoms with Crippen LogP contribution in [0, 0.1) is 0 Å². The fourth-order valence-electron chi connectivity index (χ4n) is 1.23. The summed E-state index contributed by atoms with van der Waals surface area (Å²) >= 11 is 0. The Labute approximate surface area is 74.1 Å². The molecule has 1 aliphatic heterocycles. The zero-order valence-corrected chi connectivity index (χ0v) is 7.73. The molecule has 3 N–H and O–H groups in total. The first-order valence-corrected chi connectivity index (χ1v) is 4.61. The van der Waals surface area contributed by atoms with Gasteiger partial charge < -0.3 is 20.7 Å². The van der Waals surface area contributed by atoms with E-state index < -0.39 is 0 Å². The molecule has 0 aromatic rings. The minimum Gasteiger partial charge on any atom is -0.374 e. The molecular formula is C8H19N3O. The number of morpholine rings is 1. The molecule has 0 radical (unpaired) electrons. The van der Waals surface area contributed by atoms with Gasteiger partial charge in [-0.25, -0.2) is 0 Å². The molecule has 0 aromatic heterocycles. The largest absolute Gasteiger partial charge is 0.374 e. The number of hydrogen-bond donors (Lipinski definition) is 3. The van der Waals surface area contributed by atoms with Gasteiger partial charge in [0.15, 0.2) is 0 Å². The summed E-state index contributed by atoms with van der Waals surface area (Å²) in [6.07, 6.45) is 0.357. The van der Waals surface area contributed by atoms with E-state index in [4.69, 9.17) is 4.74 Å². The highest BCUT2D eigenvalue weighted by atomic mass is 16.5. The van der Waals surface area contributed by atoms with Crippen LogP contribution in [0.2, 0.25) is 0 Å². The van der Waals surface area contributed by atoms with Crippen LogP contribution in [0.5, 0.6) is 0 Å². The van der Waals surface area contributed by atoms with Crippen LogP contribution in [0.1, 0.15) is 0 Å². The van der Waals surface area contributed by atoms with Crippen LogP contribution in [0.15, 0.2) is 0 Å². The van der Waals surface area contributed by atoms with E-state index in [1.807, 2.05) is 7.05 Å². The molecule has 0 amide bonds. The summed E-state index contributed by atoms with van der Waals surface area (Å²) in [6.45, 7) is 5.79. The molecular weight excluding hydrogens is 154 g/mol. The molecule has 72 valence electrons. The van der Waals surface area contributed by atoms with Crippen molar-refractivity contribution in [3.63, 3.8) is 0 Å². The lowest BCUT2D eigenvalue weighted by atomic mass is 10.3. The summed E-state index contributed by atoms with van der Waals surface area (Å²) in [6, 6.07) is 0. The van der Waals surface area contributed by atoms with Gasteiger partial charge in [-0.3, -0.25) is 0 Å². The number of nitrogens with one attached hydrogen (secondary N) is 3. The maximum atomic E-state index is 5.51. The fraction of sp³-hybridized carbons (Fsp3) is 1.00. The minimum absolute atomic E-state index is 0.357. The predicted molar refractivity (Wildman–Crippen MR) is 49.4 cm³/mol. The van der Waals surface area contributed by atoms with Gasteiger partial charge in [0.25, 0.3) is 0 Å². The van der Waals surface area contributed by atoms with Gasteiger partial charge in [0, 0.05) is 32.7 Å². The van der Waals surface area contributed by atoms with Gasteiger partial charge in [-0.1, -0.05) is 0 Å². The maximum Gasteiger partial charge on any atom is 0.0824 e. The van der Waals surface area contributed by atoms with E-state index in [2.05, 4.69) is 16.0 Å². The van der Waals surface area contributed by atoms with E-state index in [0.717, 1.165) is 39.3 Å². The van der Waals surface area contributed by atoms with Gasteiger partial charge in [-0.2, -0.15) is 0 Å². The highest BCUT2D eigenvalue weighted by molar-refractivity contribution is 4.69. The monoisotopic (exact) mass is 173 g/mol. The Morgan fingerprint density at radius 1 is 1.50 bits per heavy atom. The quantitative estimate of drug-likeness (QED) is 0.456. The Hall–Kier alpha value is -0.160. The molecule has 4 nitrogen and oxygen atoms in total. The second kappa shape index (κ2) is 6.37. The Kier molecular flexibility index (Phi) is 5.27. The number of likely N-dealkylation sites (N-methyl/N-ethyl adjacent to an activating group) is 1. The van der Waals surface area contributed by atoms with Crippen molar-refractivity contribution in [2.75, 3.05) is 46.4 Å². The molecule has 12 heavy (non-hydrogen) atoms. The van der Waals surface area contributed by atoms with E-state index in [1.165, 1.54) is 0 Å². The van der Waals surface area contributed by atoms with Gasteiger partial charge in [0.05, 0.1) is 12.7 Å². The molecule has 1 atom stereocenters. The Morgan fingerprint density at radius 3 is 3.08 bits per heavy atom. The third-order valence-corrected chi connectivity index (χ3v) is 1.93. The Balaban J connectivity index is 1.91.